The largest absolute Gasteiger partial charge is 0.497 e. The Bertz CT molecular complexity index is 2090. The molecule has 0 unspecified atom stereocenters. The Kier molecular flexibility index (Phi) is 12.2. The lowest BCUT2D eigenvalue weighted by atomic mass is 9.87. The number of alkyl carbamates (subject to hydrolysis) is 1. The highest BCUT2D eigenvalue weighted by atomic mass is 32.2. The predicted octanol–water partition coefficient (Wildman–Crippen LogP) is 4.54. The van der Waals surface area contributed by atoms with E-state index >= 15 is 0 Å². The van der Waals surface area contributed by atoms with Gasteiger partial charge in [-0.2, -0.15) is 13.2 Å². The van der Waals surface area contributed by atoms with Gasteiger partial charge in [-0.05, 0) is 94.9 Å². The van der Waals surface area contributed by atoms with Gasteiger partial charge in [0.2, 0.25) is 33.3 Å². The number of benzene rings is 1. The molecule has 324 valence electrons. The van der Waals surface area contributed by atoms with Crippen molar-refractivity contribution in [1.82, 2.24) is 25.2 Å². The lowest BCUT2D eigenvalue weighted by Gasteiger charge is -2.35. The van der Waals surface area contributed by atoms with E-state index in [4.69, 9.17) is 18.9 Å². The number of nitrogens with zero attached hydrogens (tertiary/aromatic N) is 2. The van der Waals surface area contributed by atoms with Crippen molar-refractivity contribution in [2.45, 2.75) is 113 Å². The number of amides is 4. The monoisotopic (exact) mass is 851 g/mol. The summed E-state index contributed by atoms with van der Waals surface area (Å²) in [7, 11) is -1.18. The molecule has 3 heterocycles. The lowest BCUT2D eigenvalue weighted by Crippen LogP contribution is -2.60. The van der Waals surface area contributed by atoms with E-state index in [1.165, 1.54) is 32.2 Å². The molecule has 7 atom stereocenters. The molecule has 19 heteroatoms. The first kappa shape index (κ1) is 43.9. The maximum absolute atomic E-state index is 14.9. The summed E-state index contributed by atoms with van der Waals surface area (Å²) >= 11 is 0. The predicted molar refractivity (Wildman–Crippen MR) is 208 cm³/mol. The van der Waals surface area contributed by atoms with Crippen molar-refractivity contribution in [2.24, 2.45) is 17.8 Å². The molecular formula is C40H52F3N5O10S. The number of aromatic nitrogens is 1. The van der Waals surface area contributed by atoms with Gasteiger partial charge in [0.05, 0.1) is 25.0 Å². The van der Waals surface area contributed by atoms with Crippen molar-refractivity contribution in [3.05, 3.63) is 42.6 Å². The molecule has 4 aliphatic rings. The molecule has 2 aromatic rings. The molecular weight excluding hydrogens is 800 g/mol. The number of rotatable bonds is 10. The average molecular weight is 852 g/mol. The van der Waals surface area contributed by atoms with Crippen molar-refractivity contribution in [2.75, 3.05) is 27.4 Å². The zero-order valence-electron chi connectivity index (χ0n) is 33.9. The molecule has 2 aliphatic carbocycles. The molecule has 3 fully saturated rings. The standard InChI is InChI=1S/C40H52F3N5O10S/c1-23-9-7-8-10-26-20-39(26,35(51)47-59(53,54)38(4)14-15-38)46-32(49)30-19-28(57-33-29-12-11-27(56-6)18-24(29)13-16-44-33)21-48(30)34(50)31(25(17-23)22-55-5)45-36(52)58-37(2,3)40(41,42)43/h8,10-13,16,18,23,25-26,28,30-31H,7,9,14-15,17,19-22H2,1-6H3,(H,45,52)(H,46,49)(H,47,51)/b10-8-/t23-,25+,26-,28-,30+,31+,39-/m1/s1. The van der Waals surface area contributed by atoms with E-state index in [1.807, 2.05) is 13.0 Å². The summed E-state index contributed by atoms with van der Waals surface area (Å²) in [6.45, 7) is 4.48. The number of hydrogen-bond acceptors (Lipinski definition) is 11. The van der Waals surface area contributed by atoms with Gasteiger partial charge in [-0.1, -0.05) is 19.1 Å². The first-order valence-electron chi connectivity index (χ1n) is 19.6. The van der Waals surface area contributed by atoms with Gasteiger partial charge in [-0.3, -0.25) is 19.1 Å². The lowest BCUT2D eigenvalue weighted by molar-refractivity contribution is -0.244. The van der Waals surface area contributed by atoms with Crippen LogP contribution in [0.2, 0.25) is 0 Å². The maximum Gasteiger partial charge on any atom is 0.427 e. The van der Waals surface area contributed by atoms with Crippen LogP contribution in [0.4, 0.5) is 18.0 Å². The van der Waals surface area contributed by atoms with Crippen molar-refractivity contribution in [1.29, 1.82) is 0 Å². The Morgan fingerprint density at radius 1 is 1.10 bits per heavy atom. The van der Waals surface area contributed by atoms with Gasteiger partial charge in [-0.25, -0.2) is 18.2 Å². The van der Waals surface area contributed by atoms with E-state index < -0.39 is 85.9 Å². The van der Waals surface area contributed by atoms with Crippen LogP contribution in [0.15, 0.2) is 42.6 Å². The topological polar surface area (TPSA) is 192 Å². The van der Waals surface area contributed by atoms with Crippen LogP contribution >= 0.6 is 0 Å². The van der Waals surface area contributed by atoms with Crippen molar-refractivity contribution in [3.63, 3.8) is 0 Å². The van der Waals surface area contributed by atoms with Crippen LogP contribution < -0.4 is 24.8 Å². The minimum atomic E-state index is -4.94. The number of fused-ring (bicyclic) bond motifs is 3. The summed E-state index contributed by atoms with van der Waals surface area (Å²) < 4.78 is 91.0. The number of halogens is 3. The van der Waals surface area contributed by atoms with Crippen LogP contribution in [-0.4, -0.2) is 110 Å². The van der Waals surface area contributed by atoms with Crippen LogP contribution in [0.3, 0.4) is 0 Å². The smallest absolute Gasteiger partial charge is 0.427 e. The quantitative estimate of drug-likeness (QED) is 0.285. The second kappa shape index (κ2) is 16.4. The summed E-state index contributed by atoms with van der Waals surface area (Å²) in [5, 5.41) is 6.51. The van der Waals surface area contributed by atoms with Gasteiger partial charge in [0.15, 0.2) is 0 Å². The number of sulfonamides is 1. The number of pyridine rings is 1. The van der Waals surface area contributed by atoms with Crippen LogP contribution in [0.5, 0.6) is 11.6 Å². The molecule has 15 nitrogen and oxygen atoms in total. The number of allylic oxidation sites excluding steroid dienone is 1. The normalized spacial score (nSPS) is 29.1. The van der Waals surface area contributed by atoms with E-state index in [2.05, 4.69) is 20.3 Å². The highest BCUT2D eigenvalue weighted by Gasteiger charge is 2.63. The van der Waals surface area contributed by atoms with Gasteiger partial charge in [0.25, 0.3) is 5.91 Å². The van der Waals surface area contributed by atoms with Crippen molar-refractivity contribution in [3.8, 4) is 11.6 Å². The van der Waals surface area contributed by atoms with E-state index in [0.717, 1.165) is 5.39 Å². The highest BCUT2D eigenvalue weighted by Crippen LogP contribution is 2.48. The zero-order chi connectivity index (χ0) is 43.1. The third kappa shape index (κ3) is 9.25. The molecule has 0 bridgehead atoms. The van der Waals surface area contributed by atoms with E-state index in [-0.39, 0.29) is 44.2 Å². The molecule has 0 spiro atoms. The van der Waals surface area contributed by atoms with Gasteiger partial charge in [-0.15, -0.1) is 0 Å². The first-order valence-corrected chi connectivity index (χ1v) is 21.1. The number of carbonyl (C=O) groups excluding carboxylic acids is 4. The van der Waals surface area contributed by atoms with Crippen LogP contribution in [-0.2, 0) is 33.9 Å². The van der Waals surface area contributed by atoms with Gasteiger partial charge < -0.3 is 34.5 Å². The number of hydrogen-bond donors (Lipinski definition) is 3. The Balaban J connectivity index is 1.38. The Morgan fingerprint density at radius 2 is 1.83 bits per heavy atom. The summed E-state index contributed by atoms with van der Waals surface area (Å²) in [5.74, 6) is -3.22. The number of nitrogens with one attached hydrogen (secondary N) is 3. The molecule has 1 aromatic heterocycles. The van der Waals surface area contributed by atoms with Crippen LogP contribution in [0, 0.1) is 17.8 Å². The Labute approximate surface area is 341 Å². The molecule has 4 amide bonds. The Morgan fingerprint density at radius 3 is 2.49 bits per heavy atom. The van der Waals surface area contributed by atoms with Gasteiger partial charge in [0.1, 0.15) is 29.5 Å². The number of methoxy groups -OCH3 is 2. The minimum absolute atomic E-state index is 0.0910. The number of ether oxygens (including phenoxy) is 4. The van der Waals surface area contributed by atoms with E-state index in [0.29, 0.717) is 50.7 Å². The van der Waals surface area contributed by atoms with Gasteiger partial charge in [0, 0.05) is 36.9 Å². The zero-order valence-corrected chi connectivity index (χ0v) is 34.7. The van der Waals surface area contributed by atoms with E-state index in [9.17, 15) is 40.8 Å². The van der Waals surface area contributed by atoms with Crippen molar-refractivity contribution >= 4 is 44.6 Å². The molecule has 1 saturated heterocycles. The average Bonchev–Trinajstić information content (AvgIpc) is 4.04. The number of alkyl halides is 3. The first-order chi connectivity index (χ1) is 27.6. The number of carbonyl (C=O) groups is 4. The summed E-state index contributed by atoms with van der Waals surface area (Å²) in [5.41, 5.74) is -4.58. The fourth-order valence-electron chi connectivity index (χ4n) is 7.74. The molecule has 3 N–H and O–H groups in total. The van der Waals surface area contributed by atoms with Crippen LogP contribution in [0.25, 0.3) is 10.8 Å². The minimum Gasteiger partial charge on any atom is -0.497 e. The van der Waals surface area contributed by atoms with E-state index in [1.54, 1.807) is 30.3 Å². The molecule has 1 aromatic carbocycles. The maximum atomic E-state index is 14.9. The third-order valence-electron chi connectivity index (χ3n) is 12.0. The fourth-order valence-corrected chi connectivity index (χ4v) is 9.06. The Hall–Kier alpha value is -4.65. The van der Waals surface area contributed by atoms with Crippen molar-refractivity contribution < 1.29 is 59.7 Å². The highest BCUT2D eigenvalue weighted by molar-refractivity contribution is 7.91. The second-order valence-corrected chi connectivity index (χ2v) is 19.1. The third-order valence-corrected chi connectivity index (χ3v) is 14.1. The SMILES string of the molecule is COC[C@@H]1C[C@H](C)CC/C=C\[C@@H]2C[C@@]2(C(=O)NS(=O)(=O)C2(C)CC2)NC(=O)[C@@H]2C[C@@H](Oc3nccc4cc(OC)ccc34)CN2C(=O)[C@H]1NC(=O)OC(C)(C)C(F)(F)F. The molecule has 2 saturated carbocycles. The molecule has 6 rings (SSSR count). The van der Waals surface area contributed by atoms with Gasteiger partial charge >= 0.3 is 12.3 Å². The summed E-state index contributed by atoms with van der Waals surface area (Å²) in [6.07, 6.45) is -0.134. The summed E-state index contributed by atoms with van der Waals surface area (Å²) in [6, 6.07) is 4.09. The molecule has 2 aliphatic heterocycles. The molecule has 59 heavy (non-hydrogen) atoms. The summed E-state index contributed by atoms with van der Waals surface area (Å²) in [4.78, 5) is 62.3. The van der Waals surface area contributed by atoms with Crippen LogP contribution in [0.1, 0.15) is 72.6 Å². The second-order valence-electron chi connectivity index (χ2n) is 16.9. The fraction of sp³-hybridized carbons (Fsp3) is 0.625. The molecule has 0 radical (unpaired) electrons.